The highest BCUT2D eigenvalue weighted by molar-refractivity contribution is 7.34. The van der Waals surface area contributed by atoms with Gasteiger partial charge in [-0.25, -0.2) is 0 Å². The van der Waals surface area contributed by atoms with E-state index in [1.807, 2.05) is 45.3 Å². The maximum absolute atomic E-state index is 5.01. The molecule has 0 N–H and O–H groups in total. The van der Waals surface area contributed by atoms with Gasteiger partial charge < -0.3 is 9.13 Å². The molecular weight excluding hydrogens is 577 g/mol. The first kappa shape index (κ1) is 24.7. The van der Waals surface area contributed by atoms with Crippen LogP contribution in [0.3, 0.4) is 0 Å². The molecule has 0 fully saturated rings. The van der Waals surface area contributed by atoms with Gasteiger partial charge in [0.2, 0.25) is 0 Å². The number of hydrogen-bond acceptors (Lipinski definition) is 7. The average Bonchev–Trinajstić information content (AvgIpc) is 3.70. The van der Waals surface area contributed by atoms with E-state index in [9.17, 15) is 0 Å². The zero-order chi connectivity index (χ0) is 27.1. The number of benzene rings is 1. The number of hydrogen-bond donors (Lipinski definition) is 0. The van der Waals surface area contributed by atoms with Crippen LogP contribution >= 0.6 is 57.1 Å². The van der Waals surface area contributed by atoms with Crippen molar-refractivity contribution >= 4 is 129 Å². The van der Waals surface area contributed by atoms with Gasteiger partial charge in [0, 0.05) is 33.6 Å². The van der Waals surface area contributed by atoms with Crippen molar-refractivity contribution in [1.29, 1.82) is 0 Å². The Hall–Kier alpha value is -2.04. The SMILES string of the molecule is Cc1sc2c(sc3c4c5nsnc5c5c6sc7c(C)c(C)sc7c6n(CC(C)C)c5c4n(CC(C)C)c23)c1C. The van der Waals surface area contributed by atoms with Crippen LogP contribution < -0.4 is 0 Å². The van der Waals surface area contributed by atoms with Crippen LogP contribution in [0.25, 0.3) is 72.1 Å². The highest BCUT2D eigenvalue weighted by Gasteiger charge is 2.30. The van der Waals surface area contributed by atoms with Crippen molar-refractivity contribution < 1.29 is 0 Å². The number of aromatic nitrogens is 4. The number of aryl methyl sites for hydroxylation is 4. The Balaban J connectivity index is 1.71. The normalized spacial score (nSPS) is 13.3. The molecule has 8 aromatic rings. The van der Waals surface area contributed by atoms with E-state index in [1.54, 1.807) is 0 Å². The van der Waals surface area contributed by atoms with Gasteiger partial charge in [0.05, 0.1) is 62.0 Å². The highest BCUT2D eigenvalue weighted by atomic mass is 32.1. The molecule has 0 aliphatic heterocycles. The van der Waals surface area contributed by atoms with Crippen LogP contribution in [0, 0.1) is 39.5 Å². The van der Waals surface area contributed by atoms with Crippen molar-refractivity contribution in [3.63, 3.8) is 0 Å². The van der Waals surface area contributed by atoms with Gasteiger partial charge in [-0.15, -0.1) is 45.3 Å². The van der Waals surface area contributed by atoms with E-state index in [4.69, 9.17) is 8.75 Å². The predicted octanol–water partition coefficient (Wildman–Crippen LogP) is 11.0. The van der Waals surface area contributed by atoms with Gasteiger partial charge in [0.25, 0.3) is 0 Å². The Bertz CT molecular complexity index is 2130. The largest absolute Gasteiger partial charge is 0.337 e. The van der Waals surface area contributed by atoms with Crippen LogP contribution in [0.5, 0.6) is 0 Å². The van der Waals surface area contributed by atoms with Crippen LogP contribution in [-0.2, 0) is 13.1 Å². The molecule has 200 valence electrons. The summed E-state index contributed by atoms with van der Waals surface area (Å²) in [5.41, 5.74) is 10.6. The molecule has 0 saturated carbocycles. The standard InChI is InChI=1S/C30H30N4S5/c1-11(2)9-33-21-17(27-23(33)29-25(37-27)13(5)15(7)35-29)19-20(32-39-31-19)18-22(21)34(10-12(3)4)24-28(18)38-26-14(6)16(8)36-30(24)26/h11-12H,9-10H2,1-8H3. The van der Waals surface area contributed by atoms with Crippen molar-refractivity contribution in [3.05, 3.63) is 20.9 Å². The highest BCUT2D eigenvalue weighted by Crippen LogP contribution is 2.53. The topological polar surface area (TPSA) is 35.6 Å². The first-order valence-corrected chi connectivity index (χ1v) is 17.6. The quantitative estimate of drug-likeness (QED) is 0.200. The van der Waals surface area contributed by atoms with E-state index in [2.05, 4.69) is 64.5 Å². The lowest BCUT2D eigenvalue weighted by molar-refractivity contribution is 0.539. The lowest BCUT2D eigenvalue weighted by Gasteiger charge is -2.15. The van der Waals surface area contributed by atoms with Crippen LogP contribution in [0.15, 0.2) is 0 Å². The van der Waals surface area contributed by atoms with Crippen molar-refractivity contribution in [2.24, 2.45) is 11.8 Å². The van der Waals surface area contributed by atoms with Gasteiger partial charge in [0.1, 0.15) is 11.0 Å². The molecule has 7 heterocycles. The minimum Gasteiger partial charge on any atom is -0.337 e. The van der Waals surface area contributed by atoms with Gasteiger partial charge in [-0.3, -0.25) is 0 Å². The van der Waals surface area contributed by atoms with Crippen molar-refractivity contribution in [3.8, 4) is 0 Å². The first-order chi connectivity index (χ1) is 18.7. The summed E-state index contributed by atoms with van der Waals surface area (Å²) in [4.78, 5) is 2.86. The molecule has 0 bridgehead atoms. The Morgan fingerprint density at radius 1 is 0.538 bits per heavy atom. The van der Waals surface area contributed by atoms with Gasteiger partial charge in [0.15, 0.2) is 0 Å². The number of fused-ring (bicyclic) bond motifs is 14. The third-order valence-electron chi connectivity index (χ3n) is 8.22. The summed E-state index contributed by atoms with van der Waals surface area (Å²) in [5.74, 6) is 1.06. The third-order valence-corrected chi connectivity index (χ3v) is 14.1. The second-order valence-corrected chi connectivity index (χ2v) is 16.9. The van der Waals surface area contributed by atoms with Gasteiger partial charge in [-0.2, -0.15) is 8.75 Å². The smallest absolute Gasteiger partial charge is 0.116 e. The zero-order valence-electron chi connectivity index (χ0n) is 23.4. The van der Waals surface area contributed by atoms with E-state index in [0.29, 0.717) is 11.8 Å². The lowest BCUT2D eigenvalue weighted by Crippen LogP contribution is -2.07. The van der Waals surface area contributed by atoms with Crippen LogP contribution in [-0.4, -0.2) is 17.9 Å². The molecule has 0 amide bonds. The van der Waals surface area contributed by atoms with Crippen LogP contribution in [0.4, 0.5) is 0 Å². The fourth-order valence-corrected chi connectivity index (χ4v) is 12.5. The van der Waals surface area contributed by atoms with Gasteiger partial charge in [-0.1, -0.05) is 27.7 Å². The second kappa shape index (κ2) is 8.26. The fourth-order valence-electron chi connectivity index (χ4n) is 6.36. The summed E-state index contributed by atoms with van der Waals surface area (Å²) in [6, 6.07) is 0. The summed E-state index contributed by atoms with van der Waals surface area (Å²) in [7, 11) is 0. The summed E-state index contributed by atoms with van der Waals surface area (Å²) < 4.78 is 23.9. The van der Waals surface area contributed by atoms with E-state index < -0.39 is 0 Å². The lowest BCUT2D eigenvalue weighted by atomic mass is 10.1. The predicted molar refractivity (Wildman–Crippen MR) is 179 cm³/mol. The van der Waals surface area contributed by atoms with Gasteiger partial charge in [-0.05, 0) is 50.7 Å². The molecule has 1 aromatic carbocycles. The third kappa shape index (κ3) is 3.08. The molecule has 0 aliphatic carbocycles. The molecule has 0 saturated heterocycles. The molecule has 0 unspecified atom stereocenters. The summed E-state index contributed by atoms with van der Waals surface area (Å²) in [6.07, 6.45) is 0. The van der Waals surface area contributed by atoms with Crippen LogP contribution in [0.2, 0.25) is 0 Å². The number of nitrogens with zero attached hydrogens (tertiary/aromatic N) is 4. The summed E-state index contributed by atoms with van der Waals surface area (Å²) >= 11 is 9.24. The molecular formula is C30H30N4S5. The maximum atomic E-state index is 5.01. The Labute approximate surface area is 246 Å². The monoisotopic (exact) mass is 606 g/mol. The van der Waals surface area contributed by atoms with Crippen molar-refractivity contribution in [2.45, 2.75) is 68.5 Å². The van der Waals surface area contributed by atoms with Crippen molar-refractivity contribution in [2.75, 3.05) is 0 Å². The molecule has 4 nitrogen and oxygen atoms in total. The Morgan fingerprint density at radius 2 is 0.949 bits per heavy atom. The molecule has 0 spiro atoms. The van der Waals surface area contributed by atoms with E-state index in [-0.39, 0.29) is 0 Å². The van der Waals surface area contributed by atoms with E-state index in [0.717, 1.165) is 24.1 Å². The second-order valence-electron chi connectivity index (χ2n) is 11.9. The molecule has 39 heavy (non-hydrogen) atoms. The molecule has 9 heteroatoms. The van der Waals surface area contributed by atoms with E-state index in [1.165, 1.54) is 93.6 Å². The minimum absolute atomic E-state index is 0.532. The minimum atomic E-state index is 0.532. The first-order valence-electron chi connectivity index (χ1n) is 13.6. The van der Waals surface area contributed by atoms with Crippen LogP contribution in [0.1, 0.15) is 48.6 Å². The zero-order valence-corrected chi connectivity index (χ0v) is 27.5. The Kier molecular flexibility index (Phi) is 5.24. The number of rotatable bonds is 4. The molecule has 7 aromatic heterocycles. The fraction of sp³-hybridized carbons (Fsp3) is 0.400. The molecule has 0 aliphatic rings. The summed E-state index contributed by atoms with van der Waals surface area (Å²) in [5, 5.41) is 2.63. The van der Waals surface area contributed by atoms with Gasteiger partial charge >= 0.3 is 0 Å². The molecule has 0 atom stereocenters. The van der Waals surface area contributed by atoms with E-state index >= 15 is 0 Å². The molecule has 0 radical (unpaired) electrons. The van der Waals surface area contributed by atoms with Crippen molar-refractivity contribution in [1.82, 2.24) is 17.9 Å². The maximum Gasteiger partial charge on any atom is 0.116 e. The Morgan fingerprint density at radius 3 is 1.33 bits per heavy atom. The average molecular weight is 607 g/mol. The number of thiophene rings is 4. The summed E-state index contributed by atoms with van der Waals surface area (Å²) in [6.45, 7) is 20.5. The molecule has 8 rings (SSSR count).